The first kappa shape index (κ1) is 29.1. The van der Waals surface area contributed by atoms with Crippen LogP contribution in [0, 0.1) is 0 Å². The number of hydrogen-bond acceptors (Lipinski definition) is 7. The van der Waals surface area contributed by atoms with Crippen LogP contribution in [0.15, 0.2) is 53.8 Å². The van der Waals surface area contributed by atoms with Crippen LogP contribution in [0.4, 0.5) is 11.4 Å². The Hall–Kier alpha value is -3.87. The predicted octanol–water partition coefficient (Wildman–Crippen LogP) is 5.29. The van der Waals surface area contributed by atoms with Gasteiger partial charge in [-0.3, -0.25) is 9.59 Å². The molecule has 0 aliphatic carbocycles. The highest BCUT2D eigenvalue weighted by atomic mass is 35.5. The number of aromatic nitrogens is 5. The van der Waals surface area contributed by atoms with E-state index in [-0.39, 0.29) is 33.4 Å². The lowest BCUT2D eigenvalue weighted by Crippen LogP contribution is -2.16. The topological polar surface area (TPSA) is 144 Å². The lowest BCUT2D eigenvalue weighted by molar-refractivity contribution is -0.113. The molecule has 2 aromatic carbocycles. The molecule has 4 aromatic rings. The molecule has 0 unspecified atom stereocenters. The number of thioether (sulfide) groups is 1. The standard InChI is InChI=1S/C26H25Cl2N7O4S/c1-26(2,3)15-6-8-20(18(28)10-15)35-25(31-32-33-35)40-13-22(36)30-19-7-5-14(9-17(19)27)23(37)29-16-11-21(24(38)39)34(4)12-16/h5-12H,13H2,1-4H3,(H,29,37)(H,30,36)(H,38,39). The molecule has 0 spiro atoms. The number of halogens is 2. The van der Waals surface area contributed by atoms with Gasteiger partial charge in [0.15, 0.2) is 0 Å². The Morgan fingerprint density at radius 1 is 1.02 bits per heavy atom. The number of aryl methyl sites for hydroxylation is 1. The Balaban J connectivity index is 1.38. The van der Waals surface area contributed by atoms with Gasteiger partial charge in [-0.15, -0.1) is 5.10 Å². The number of hydrogen-bond donors (Lipinski definition) is 3. The molecule has 2 amide bonds. The molecule has 0 aliphatic heterocycles. The molecule has 11 nitrogen and oxygen atoms in total. The lowest BCUT2D eigenvalue weighted by atomic mass is 9.87. The fraction of sp³-hybridized carbons (Fsp3) is 0.231. The van der Waals surface area contributed by atoms with Gasteiger partial charge in [0.25, 0.3) is 5.91 Å². The summed E-state index contributed by atoms with van der Waals surface area (Å²) >= 11 is 14.0. The first-order valence-corrected chi connectivity index (χ1v) is 13.6. The van der Waals surface area contributed by atoms with Crippen molar-refractivity contribution < 1.29 is 19.5 Å². The average molecular weight is 603 g/mol. The van der Waals surface area contributed by atoms with Gasteiger partial charge in [-0.1, -0.05) is 61.8 Å². The Kier molecular flexibility index (Phi) is 8.52. The minimum Gasteiger partial charge on any atom is -0.477 e. The second kappa shape index (κ2) is 11.7. The van der Waals surface area contributed by atoms with Crippen LogP contribution in [-0.4, -0.2) is 53.4 Å². The van der Waals surface area contributed by atoms with Crippen LogP contribution < -0.4 is 10.6 Å². The van der Waals surface area contributed by atoms with E-state index in [0.29, 0.717) is 27.2 Å². The highest BCUT2D eigenvalue weighted by Gasteiger charge is 2.19. The van der Waals surface area contributed by atoms with Crippen molar-refractivity contribution in [2.24, 2.45) is 7.05 Å². The molecule has 2 heterocycles. The molecule has 0 fully saturated rings. The highest BCUT2D eigenvalue weighted by Crippen LogP contribution is 2.30. The molecule has 0 saturated carbocycles. The van der Waals surface area contributed by atoms with Crippen LogP contribution in [-0.2, 0) is 17.3 Å². The van der Waals surface area contributed by atoms with Crippen molar-refractivity contribution in [3.63, 3.8) is 0 Å². The van der Waals surface area contributed by atoms with Gasteiger partial charge < -0.3 is 20.3 Å². The van der Waals surface area contributed by atoms with Crippen LogP contribution in [0.3, 0.4) is 0 Å². The van der Waals surface area contributed by atoms with Crippen molar-refractivity contribution >= 4 is 64.1 Å². The van der Waals surface area contributed by atoms with Crippen molar-refractivity contribution in [2.45, 2.75) is 31.3 Å². The lowest BCUT2D eigenvalue weighted by Gasteiger charge is -2.20. The average Bonchev–Trinajstić information content (AvgIpc) is 3.49. The maximum atomic E-state index is 12.7. The molecule has 0 bridgehead atoms. The van der Waals surface area contributed by atoms with Gasteiger partial charge in [-0.2, -0.15) is 4.68 Å². The molecule has 40 heavy (non-hydrogen) atoms. The number of nitrogens with one attached hydrogen (secondary N) is 2. The number of carboxylic acid groups (broad SMARTS) is 1. The minimum atomic E-state index is -1.11. The summed E-state index contributed by atoms with van der Waals surface area (Å²) in [5.41, 5.74) is 2.48. The summed E-state index contributed by atoms with van der Waals surface area (Å²) in [7, 11) is 1.56. The summed E-state index contributed by atoms with van der Waals surface area (Å²) in [6, 6.07) is 11.4. The summed E-state index contributed by atoms with van der Waals surface area (Å²) in [5.74, 6) is -1.98. The second-order valence-corrected chi connectivity index (χ2v) is 11.6. The predicted molar refractivity (Wildman–Crippen MR) is 154 cm³/mol. The quantitative estimate of drug-likeness (QED) is 0.231. The second-order valence-electron chi connectivity index (χ2n) is 9.81. The maximum Gasteiger partial charge on any atom is 0.352 e. The third-order valence-electron chi connectivity index (χ3n) is 5.80. The van der Waals surface area contributed by atoms with Crippen LogP contribution >= 0.6 is 35.0 Å². The summed E-state index contributed by atoms with van der Waals surface area (Å²) in [4.78, 5) is 36.5. The van der Waals surface area contributed by atoms with E-state index in [2.05, 4.69) is 46.9 Å². The number of carbonyl (C=O) groups is 3. The largest absolute Gasteiger partial charge is 0.477 e. The van der Waals surface area contributed by atoms with Crippen LogP contribution in [0.5, 0.6) is 0 Å². The Labute approximate surface area is 243 Å². The van der Waals surface area contributed by atoms with E-state index >= 15 is 0 Å². The third-order valence-corrected chi connectivity index (χ3v) is 7.34. The van der Waals surface area contributed by atoms with E-state index < -0.39 is 11.9 Å². The smallest absolute Gasteiger partial charge is 0.352 e. The Morgan fingerprint density at radius 3 is 2.40 bits per heavy atom. The zero-order chi connectivity index (χ0) is 29.2. The number of amides is 2. The molecule has 14 heteroatoms. The van der Waals surface area contributed by atoms with E-state index in [4.69, 9.17) is 28.3 Å². The molecule has 2 aromatic heterocycles. The number of anilines is 2. The zero-order valence-corrected chi connectivity index (χ0v) is 24.2. The van der Waals surface area contributed by atoms with E-state index in [1.165, 1.54) is 39.7 Å². The van der Waals surface area contributed by atoms with Crippen LogP contribution in [0.1, 0.15) is 47.2 Å². The van der Waals surface area contributed by atoms with Gasteiger partial charge in [0, 0.05) is 18.8 Å². The first-order chi connectivity index (χ1) is 18.8. The molecule has 0 saturated heterocycles. The van der Waals surface area contributed by atoms with E-state index in [1.807, 2.05) is 18.2 Å². The number of carbonyl (C=O) groups excluding carboxylic acids is 2. The SMILES string of the molecule is Cn1cc(NC(=O)c2ccc(NC(=O)CSc3nnnn3-c3ccc(C(C)(C)C)cc3Cl)c(Cl)c2)cc1C(=O)O. The summed E-state index contributed by atoms with van der Waals surface area (Å²) in [6.45, 7) is 6.27. The Morgan fingerprint density at radius 2 is 1.77 bits per heavy atom. The number of aromatic carboxylic acids is 1. The van der Waals surface area contributed by atoms with Crippen molar-refractivity contribution in [3.05, 3.63) is 75.5 Å². The number of rotatable bonds is 8. The molecular weight excluding hydrogens is 577 g/mol. The van der Waals surface area contributed by atoms with Crippen molar-refractivity contribution in [1.82, 2.24) is 24.8 Å². The third kappa shape index (κ3) is 6.64. The highest BCUT2D eigenvalue weighted by molar-refractivity contribution is 7.99. The van der Waals surface area contributed by atoms with Gasteiger partial charge in [0.1, 0.15) is 5.69 Å². The first-order valence-electron chi connectivity index (χ1n) is 11.9. The van der Waals surface area contributed by atoms with Crippen LogP contribution in [0.2, 0.25) is 10.0 Å². The monoisotopic (exact) mass is 601 g/mol. The molecule has 3 N–H and O–H groups in total. The van der Waals surface area contributed by atoms with Gasteiger partial charge in [-0.25, -0.2) is 4.79 Å². The summed E-state index contributed by atoms with van der Waals surface area (Å²) < 4.78 is 2.86. The normalized spacial score (nSPS) is 11.3. The van der Waals surface area contributed by atoms with Gasteiger partial charge >= 0.3 is 5.97 Å². The van der Waals surface area contributed by atoms with Crippen molar-refractivity contribution in [3.8, 4) is 5.69 Å². The van der Waals surface area contributed by atoms with Gasteiger partial charge in [0.2, 0.25) is 11.1 Å². The van der Waals surface area contributed by atoms with Crippen molar-refractivity contribution in [2.75, 3.05) is 16.4 Å². The number of carboxylic acids is 1. The number of benzene rings is 2. The molecule has 0 atom stereocenters. The van der Waals surface area contributed by atoms with Crippen LogP contribution in [0.25, 0.3) is 5.69 Å². The molecule has 4 rings (SSSR count). The van der Waals surface area contributed by atoms with E-state index in [9.17, 15) is 14.4 Å². The molecule has 208 valence electrons. The summed E-state index contributed by atoms with van der Waals surface area (Å²) in [6.07, 6.45) is 1.49. The van der Waals surface area contributed by atoms with E-state index in [1.54, 1.807) is 7.05 Å². The number of nitrogens with zero attached hydrogens (tertiary/aromatic N) is 5. The summed E-state index contributed by atoms with van der Waals surface area (Å²) in [5, 5.41) is 27.3. The minimum absolute atomic E-state index is 0.0173. The Bertz CT molecular complexity index is 1610. The molecule has 0 radical (unpaired) electrons. The fourth-order valence-electron chi connectivity index (χ4n) is 3.69. The van der Waals surface area contributed by atoms with Crippen molar-refractivity contribution in [1.29, 1.82) is 0 Å². The fourth-order valence-corrected chi connectivity index (χ4v) is 4.86. The molecular formula is C26H25Cl2N7O4S. The van der Waals surface area contributed by atoms with Gasteiger partial charge in [0.05, 0.1) is 32.9 Å². The number of tetrazole rings is 1. The van der Waals surface area contributed by atoms with E-state index in [0.717, 1.165) is 17.3 Å². The van der Waals surface area contributed by atoms with Gasteiger partial charge in [-0.05, 0) is 57.8 Å². The maximum absolute atomic E-state index is 12.7. The zero-order valence-electron chi connectivity index (χ0n) is 21.9. The molecule has 0 aliphatic rings.